The van der Waals surface area contributed by atoms with Gasteiger partial charge in [-0.05, 0) is 12.8 Å². The van der Waals surface area contributed by atoms with Gasteiger partial charge >= 0.3 is 0 Å². The second-order valence-corrected chi connectivity index (χ2v) is 6.18. The molecule has 1 saturated carbocycles. The van der Waals surface area contributed by atoms with Crippen molar-refractivity contribution in [1.29, 1.82) is 0 Å². The number of amides is 2. The van der Waals surface area contributed by atoms with E-state index in [9.17, 15) is 9.59 Å². The van der Waals surface area contributed by atoms with Crippen LogP contribution >= 0.6 is 11.6 Å². The van der Waals surface area contributed by atoms with Gasteiger partial charge in [-0.15, -0.1) is 0 Å². The van der Waals surface area contributed by atoms with Gasteiger partial charge in [-0.1, -0.05) is 24.9 Å². The third-order valence-corrected chi connectivity index (χ3v) is 4.32. The fraction of sp³-hybridized carbons (Fsp3) is 0.529. The topological polar surface area (TPSA) is 76.7 Å². The Morgan fingerprint density at radius 1 is 1.17 bits per heavy atom. The molecule has 0 bridgehead atoms. The van der Waals surface area contributed by atoms with E-state index in [4.69, 9.17) is 21.1 Å². The molecule has 1 aliphatic carbocycles. The Morgan fingerprint density at radius 3 is 2.46 bits per heavy atom. The molecule has 6 nitrogen and oxygen atoms in total. The molecule has 7 heteroatoms. The van der Waals surface area contributed by atoms with Gasteiger partial charge in [0.25, 0.3) is 0 Å². The molecule has 0 spiro atoms. The molecule has 2 N–H and O–H groups in total. The van der Waals surface area contributed by atoms with Crippen LogP contribution in [0.25, 0.3) is 0 Å². The third-order valence-electron chi connectivity index (χ3n) is 4.03. The second-order valence-electron chi connectivity index (χ2n) is 5.77. The highest BCUT2D eigenvalue weighted by atomic mass is 35.5. The van der Waals surface area contributed by atoms with E-state index in [0.29, 0.717) is 35.2 Å². The van der Waals surface area contributed by atoms with E-state index in [1.165, 1.54) is 14.2 Å². The molecule has 2 amide bonds. The molecule has 2 atom stereocenters. The summed E-state index contributed by atoms with van der Waals surface area (Å²) in [6.45, 7) is 2.72. The van der Waals surface area contributed by atoms with Crippen molar-refractivity contribution >= 4 is 29.1 Å². The third kappa shape index (κ3) is 4.32. The second kappa shape index (κ2) is 8.24. The lowest BCUT2D eigenvalue weighted by atomic mass is 10.2. The lowest BCUT2D eigenvalue weighted by Crippen LogP contribution is -2.28. The first-order valence-electron chi connectivity index (χ1n) is 8.01. The first-order valence-corrected chi connectivity index (χ1v) is 8.39. The normalized spacial score (nSPS) is 18.7. The fourth-order valence-corrected chi connectivity index (χ4v) is 2.71. The summed E-state index contributed by atoms with van der Waals surface area (Å²) in [4.78, 5) is 24.3. The van der Waals surface area contributed by atoms with Crippen LogP contribution in [0.15, 0.2) is 12.1 Å². The van der Waals surface area contributed by atoms with Crippen LogP contribution in [0.3, 0.4) is 0 Å². The minimum atomic E-state index is -0.307. The van der Waals surface area contributed by atoms with Crippen molar-refractivity contribution in [1.82, 2.24) is 5.32 Å². The van der Waals surface area contributed by atoms with Gasteiger partial charge in [-0.25, -0.2) is 0 Å². The van der Waals surface area contributed by atoms with Gasteiger partial charge in [-0.2, -0.15) is 0 Å². The average Bonchev–Trinajstić information content (AvgIpc) is 3.37. The molecule has 132 valence electrons. The molecule has 1 aromatic carbocycles. The zero-order valence-corrected chi connectivity index (χ0v) is 14.9. The van der Waals surface area contributed by atoms with E-state index in [1.807, 2.05) is 0 Å². The quantitative estimate of drug-likeness (QED) is 0.704. The molecule has 0 heterocycles. The molecule has 0 aliphatic heterocycles. The number of carbonyl (C=O) groups is 2. The van der Waals surface area contributed by atoms with Crippen LogP contribution in [0.2, 0.25) is 5.02 Å². The van der Waals surface area contributed by atoms with Crippen molar-refractivity contribution in [3.8, 4) is 11.5 Å². The Bertz CT molecular complexity index is 621. The van der Waals surface area contributed by atoms with Crippen LogP contribution in [0.4, 0.5) is 5.69 Å². The van der Waals surface area contributed by atoms with Crippen molar-refractivity contribution in [3.63, 3.8) is 0 Å². The van der Waals surface area contributed by atoms with Crippen molar-refractivity contribution in [2.75, 3.05) is 26.1 Å². The Balaban J connectivity index is 1.97. The molecule has 1 aliphatic rings. The zero-order valence-electron chi connectivity index (χ0n) is 14.1. The molecule has 1 fully saturated rings. The minimum absolute atomic E-state index is 0.0516. The summed E-state index contributed by atoms with van der Waals surface area (Å²) in [7, 11) is 2.99. The first-order chi connectivity index (χ1) is 11.5. The van der Waals surface area contributed by atoms with Gasteiger partial charge < -0.3 is 20.1 Å². The van der Waals surface area contributed by atoms with E-state index in [1.54, 1.807) is 12.1 Å². The predicted octanol–water partition coefficient (Wildman–Crippen LogP) is 2.85. The zero-order chi connectivity index (χ0) is 17.7. The number of benzene rings is 1. The summed E-state index contributed by atoms with van der Waals surface area (Å²) in [6.07, 6.45) is 2.53. The molecule has 2 unspecified atom stereocenters. The van der Waals surface area contributed by atoms with Crippen LogP contribution < -0.4 is 20.1 Å². The van der Waals surface area contributed by atoms with Crippen molar-refractivity contribution in [3.05, 3.63) is 17.2 Å². The number of ether oxygens (including phenoxy) is 2. The largest absolute Gasteiger partial charge is 0.495 e. The van der Waals surface area contributed by atoms with E-state index < -0.39 is 0 Å². The number of hydrogen-bond acceptors (Lipinski definition) is 4. The fourth-order valence-electron chi connectivity index (χ4n) is 2.48. The van der Waals surface area contributed by atoms with Crippen molar-refractivity contribution in [2.24, 2.45) is 11.8 Å². The number of unbranched alkanes of at least 4 members (excludes halogenated alkanes) is 1. The lowest BCUT2D eigenvalue weighted by Gasteiger charge is -2.13. The molecular weight excluding hydrogens is 332 g/mol. The highest BCUT2D eigenvalue weighted by molar-refractivity contribution is 6.32. The number of carbonyl (C=O) groups excluding carboxylic acids is 2. The van der Waals surface area contributed by atoms with Crippen LogP contribution in [0, 0.1) is 11.8 Å². The van der Waals surface area contributed by atoms with Gasteiger partial charge in [0.15, 0.2) is 0 Å². The molecule has 0 aromatic heterocycles. The van der Waals surface area contributed by atoms with Gasteiger partial charge in [0, 0.05) is 18.7 Å². The first kappa shape index (κ1) is 18.4. The minimum Gasteiger partial charge on any atom is -0.495 e. The highest BCUT2D eigenvalue weighted by Gasteiger charge is 2.48. The number of methoxy groups -OCH3 is 2. The van der Waals surface area contributed by atoms with Crippen LogP contribution in [0.5, 0.6) is 11.5 Å². The van der Waals surface area contributed by atoms with Gasteiger partial charge in [0.2, 0.25) is 11.8 Å². The summed E-state index contributed by atoms with van der Waals surface area (Å²) in [5, 5.41) is 6.05. The molecule has 0 radical (unpaired) electrons. The Morgan fingerprint density at radius 2 is 1.83 bits per heavy atom. The van der Waals surface area contributed by atoms with E-state index in [0.717, 1.165) is 12.8 Å². The van der Waals surface area contributed by atoms with E-state index >= 15 is 0 Å². The Kier molecular flexibility index (Phi) is 6.31. The predicted molar refractivity (Wildman–Crippen MR) is 92.7 cm³/mol. The standard InChI is InChI=1S/C17H23ClN2O4/c1-4-5-6-19-16(21)10-7-11(10)17(22)20-13-9-14(23-2)12(18)8-15(13)24-3/h8-11H,4-7H2,1-3H3,(H,19,21)(H,20,22). The van der Waals surface area contributed by atoms with Gasteiger partial charge in [-0.3, -0.25) is 9.59 Å². The SMILES string of the molecule is CCCCNC(=O)C1CC1C(=O)Nc1cc(OC)c(Cl)cc1OC. The van der Waals surface area contributed by atoms with Crippen molar-refractivity contribution < 1.29 is 19.1 Å². The number of nitrogens with one attached hydrogen (secondary N) is 2. The maximum Gasteiger partial charge on any atom is 0.228 e. The van der Waals surface area contributed by atoms with Gasteiger partial charge in [0.05, 0.1) is 36.8 Å². The molecule has 2 rings (SSSR count). The van der Waals surface area contributed by atoms with E-state index in [2.05, 4.69) is 17.6 Å². The summed E-state index contributed by atoms with van der Waals surface area (Å²) in [5.74, 6) is 0.0776. The van der Waals surface area contributed by atoms with Crippen LogP contribution in [-0.4, -0.2) is 32.6 Å². The molecule has 24 heavy (non-hydrogen) atoms. The number of anilines is 1. The lowest BCUT2D eigenvalue weighted by molar-refractivity contribution is -0.125. The number of halogens is 1. The summed E-state index contributed by atoms with van der Waals surface area (Å²) >= 11 is 6.05. The van der Waals surface area contributed by atoms with Crippen LogP contribution in [-0.2, 0) is 9.59 Å². The maximum absolute atomic E-state index is 12.4. The van der Waals surface area contributed by atoms with Gasteiger partial charge in [0.1, 0.15) is 11.5 Å². The molecule has 0 saturated heterocycles. The average molecular weight is 355 g/mol. The molecular formula is C17H23ClN2O4. The van der Waals surface area contributed by atoms with E-state index in [-0.39, 0.29) is 23.7 Å². The smallest absolute Gasteiger partial charge is 0.228 e. The Labute approximate surface area is 146 Å². The Hall–Kier alpha value is -1.95. The number of hydrogen-bond donors (Lipinski definition) is 2. The molecule has 1 aromatic rings. The summed E-state index contributed by atoms with van der Waals surface area (Å²) in [5.41, 5.74) is 0.473. The van der Waals surface area contributed by atoms with Crippen LogP contribution in [0.1, 0.15) is 26.2 Å². The summed E-state index contributed by atoms with van der Waals surface area (Å²) < 4.78 is 10.4. The van der Waals surface area contributed by atoms with Crippen molar-refractivity contribution in [2.45, 2.75) is 26.2 Å². The monoisotopic (exact) mass is 354 g/mol. The highest BCUT2D eigenvalue weighted by Crippen LogP contribution is 2.41. The summed E-state index contributed by atoms with van der Waals surface area (Å²) in [6, 6.07) is 3.19. The maximum atomic E-state index is 12.4. The number of rotatable bonds is 8.